The van der Waals surface area contributed by atoms with Gasteiger partial charge in [0.05, 0.1) is 22.4 Å². The molecule has 4 aromatic rings. The summed E-state index contributed by atoms with van der Waals surface area (Å²) in [6.45, 7) is 8.14. The zero-order valence-corrected chi connectivity index (χ0v) is 18.8. The lowest BCUT2D eigenvalue weighted by atomic mass is 10.2. The number of nitrogens with zero attached hydrogens (tertiary/aromatic N) is 5. The van der Waals surface area contributed by atoms with E-state index in [1.54, 1.807) is 0 Å². The van der Waals surface area contributed by atoms with Gasteiger partial charge in [0, 0.05) is 63.1 Å². The molecule has 5 nitrogen and oxygen atoms in total. The topological polar surface area (TPSA) is 35.5 Å². The van der Waals surface area contributed by atoms with Crippen LogP contribution in [0.2, 0.25) is 0 Å². The van der Waals surface area contributed by atoms with Crippen LogP contribution in [0.25, 0.3) is 21.8 Å². The first-order valence-corrected chi connectivity index (χ1v) is 11.6. The molecule has 0 spiro atoms. The third kappa shape index (κ3) is 5.13. The van der Waals surface area contributed by atoms with Crippen molar-refractivity contribution in [2.45, 2.75) is 13.1 Å². The van der Waals surface area contributed by atoms with Gasteiger partial charge in [-0.25, -0.2) is 0 Å². The number of aromatic nitrogens is 2. The minimum Gasteiger partial charge on any atom is -0.304 e. The lowest BCUT2D eigenvalue weighted by Gasteiger charge is -2.25. The summed E-state index contributed by atoms with van der Waals surface area (Å²) >= 11 is 0. The molecule has 2 aromatic heterocycles. The first-order chi connectivity index (χ1) is 15.7. The van der Waals surface area contributed by atoms with Crippen molar-refractivity contribution in [1.29, 1.82) is 0 Å². The van der Waals surface area contributed by atoms with Gasteiger partial charge in [-0.15, -0.1) is 0 Å². The zero-order valence-electron chi connectivity index (χ0n) is 18.8. The maximum atomic E-state index is 4.90. The summed E-state index contributed by atoms with van der Waals surface area (Å²) in [6, 6.07) is 25.5. The lowest BCUT2D eigenvalue weighted by Crippen LogP contribution is -2.35. The van der Waals surface area contributed by atoms with E-state index in [-0.39, 0.29) is 0 Å². The van der Waals surface area contributed by atoms with Crippen LogP contribution >= 0.6 is 0 Å². The van der Waals surface area contributed by atoms with Crippen molar-refractivity contribution in [2.75, 3.05) is 46.3 Å². The second-order valence-corrected chi connectivity index (χ2v) is 8.85. The van der Waals surface area contributed by atoms with E-state index in [4.69, 9.17) is 9.97 Å². The molecule has 1 saturated heterocycles. The van der Waals surface area contributed by atoms with E-state index in [0.29, 0.717) is 0 Å². The number of pyridine rings is 2. The van der Waals surface area contributed by atoms with Gasteiger partial charge < -0.3 is 4.90 Å². The molecule has 0 bridgehead atoms. The second-order valence-electron chi connectivity index (χ2n) is 8.85. The fourth-order valence-electron chi connectivity index (χ4n) is 4.41. The number of likely N-dealkylation sites (N-methyl/N-ethyl adjacent to an activating group) is 1. The minimum absolute atomic E-state index is 0.890. The summed E-state index contributed by atoms with van der Waals surface area (Å²) in [6.07, 6.45) is 0. The number of hydrogen-bond acceptors (Lipinski definition) is 5. The summed E-state index contributed by atoms with van der Waals surface area (Å²) in [7, 11) is 2.23. The number of para-hydroxylation sites is 2. The molecule has 1 fully saturated rings. The van der Waals surface area contributed by atoms with Crippen LogP contribution in [0.1, 0.15) is 11.4 Å². The van der Waals surface area contributed by atoms with Crippen LogP contribution in [-0.4, -0.2) is 71.0 Å². The van der Waals surface area contributed by atoms with Crippen LogP contribution in [0.4, 0.5) is 0 Å². The average molecular weight is 426 g/mol. The van der Waals surface area contributed by atoms with Crippen molar-refractivity contribution in [1.82, 2.24) is 24.7 Å². The molecule has 0 atom stereocenters. The van der Waals surface area contributed by atoms with E-state index in [1.165, 1.54) is 10.8 Å². The Hall–Kier alpha value is -2.86. The average Bonchev–Trinajstić information content (AvgIpc) is 2.91. The fraction of sp³-hybridized carbons (Fsp3) is 0.333. The standard InChI is InChI=1S/C27H31N5/c1-30-14-16-31(20-24-12-10-22-6-2-4-8-26(22)28-24)18-19-32(17-15-30)21-25-13-11-23-7-3-5-9-27(23)29-25/h2-13H,14-21H2,1H3. The third-order valence-electron chi connectivity index (χ3n) is 6.41. The highest BCUT2D eigenvalue weighted by Crippen LogP contribution is 2.15. The van der Waals surface area contributed by atoms with Crippen molar-refractivity contribution in [2.24, 2.45) is 0 Å². The Morgan fingerprint density at radius 2 is 1.00 bits per heavy atom. The summed E-state index contributed by atoms with van der Waals surface area (Å²) in [5.74, 6) is 0. The normalized spacial score (nSPS) is 17.3. The monoisotopic (exact) mass is 425 g/mol. The Bertz CT molecular complexity index is 1100. The van der Waals surface area contributed by atoms with Crippen molar-refractivity contribution >= 4 is 21.8 Å². The van der Waals surface area contributed by atoms with Gasteiger partial charge in [0.1, 0.15) is 0 Å². The van der Waals surface area contributed by atoms with Crippen LogP contribution in [0.3, 0.4) is 0 Å². The van der Waals surface area contributed by atoms with Gasteiger partial charge in [-0.1, -0.05) is 48.5 Å². The number of hydrogen-bond donors (Lipinski definition) is 0. The van der Waals surface area contributed by atoms with E-state index in [9.17, 15) is 0 Å². The molecule has 0 amide bonds. The molecule has 0 radical (unpaired) electrons. The maximum Gasteiger partial charge on any atom is 0.0705 e. The molecule has 2 aromatic carbocycles. The molecule has 1 aliphatic rings. The van der Waals surface area contributed by atoms with Crippen molar-refractivity contribution in [3.63, 3.8) is 0 Å². The van der Waals surface area contributed by atoms with Gasteiger partial charge in [0.2, 0.25) is 0 Å². The Kier molecular flexibility index (Phi) is 6.39. The Balaban J connectivity index is 1.28. The Labute approximate surface area is 190 Å². The molecule has 32 heavy (non-hydrogen) atoms. The molecule has 0 saturated carbocycles. The predicted molar refractivity (Wildman–Crippen MR) is 132 cm³/mol. The quantitative estimate of drug-likeness (QED) is 0.493. The smallest absolute Gasteiger partial charge is 0.0705 e. The Morgan fingerprint density at radius 1 is 0.562 bits per heavy atom. The van der Waals surface area contributed by atoms with E-state index in [1.807, 2.05) is 0 Å². The van der Waals surface area contributed by atoms with Crippen molar-refractivity contribution in [3.05, 3.63) is 84.2 Å². The van der Waals surface area contributed by atoms with Gasteiger partial charge in [-0.3, -0.25) is 19.8 Å². The molecule has 0 unspecified atom stereocenters. The van der Waals surface area contributed by atoms with Gasteiger partial charge in [0.25, 0.3) is 0 Å². The van der Waals surface area contributed by atoms with Gasteiger partial charge in [0.15, 0.2) is 0 Å². The molecule has 5 heteroatoms. The highest BCUT2D eigenvalue weighted by molar-refractivity contribution is 5.79. The zero-order chi connectivity index (χ0) is 21.8. The van der Waals surface area contributed by atoms with Gasteiger partial charge in [-0.05, 0) is 31.3 Å². The fourth-order valence-corrected chi connectivity index (χ4v) is 4.41. The largest absolute Gasteiger partial charge is 0.304 e. The van der Waals surface area contributed by atoms with Crippen LogP contribution in [-0.2, 0) is 13.1 Å². The lowest BCUT2D eigenvalue weighted by molar-refractivity contribution is 0.207. The highest BCUT2D eigenvalue weighted by Gasteiger charge is 2.16. The molecule has 5 rings (SSSR count). The first-order valence-electron chi connectivity index (χ1n) is 11.6. The summed E-state index contributed by atoms with van der Waals surface area (Å²) in [5, 5.41) is 2.41. The molecule has 0 aliphatic carbocycles. The van der Waals surface area contributed by atoms with Crippen LogP contribution in [0, 0.1) is 0 Å². The van der Waals surface area contributed by atoms with Gasteiger partial charge in [-0.2, -0.15) is 0 Å². The molecular weight excluding hydrogens is 394 g/mol. The highest BCUT2D eigenvalue weighted by atomic mass is 15.3. The summed E-state index contributed by atoms with van der Waals surface area (Å²) < 4.78 is 0. The maximum absolute atomic E-state index is 4.90. The van der Waals surface area contributed by atoms with Gasteiger partial charge >= 0.3 is 0 Å². The third-order valence-corrected chi connectivity index (χ3v) is 6.41. The minimum atomic E-state index is 0.890. The molecule has 1 aliphatic heterocycles. The number of fused-ring (bicyclic) bond motifs is 2. The summed E-state index contributed by atoms with van der Waals surface area (Å²) in [5.41, 5.74) is 4.45. The first kappa shape index (κ1) is 21.0. The van der Waals surface area contributed by atoms with Crippen LogP contribution in [0.5, 0.6) is 0 Å². The molecule has 164 valence electrons. The van der Waals surface area contributed by atoms with Crippen LogP contribution < -0.4 is 0 Å². The van der Waals surface area contributed by atoms with Crippen molar-refractivity contribution in [3.8, 4) is 0 Å². The van der Waals surface area contributed by atoms with Crippen LogP contribution in [0.15, 0.2) is 72.8 Å². The van der Waals surface area contributed by atoms with E-state index < -0.39 is 0 Å². The summed E-state index contributed by atoms with van der Waals surface area (Å²) in [4.78, 5) is 17.3. The number of rotatable bonds is 4. The second kappa shape index (κ2) is 9.74. The van der Waals surface area contributed by atoms with E-state index in [2.05, 4.69) is 94.5 Å². The van der Waals surface area contributed by atoms with E-state index >= 15 is 0 Å². The molecular formula is C27H31N5. The SMILES string of the molecule is CN1CCN(Cc2ccc3ccccc3n2)CCN(Cc2ccc3ccccc3n2)CC1. The van der Waals surface area contributed by atoms with E-state index in [0.717, 1.165) is 74.8 Å². The van der Waals surface area contributed by atoms with Crippen molar-refractivity contribution < 1.29 is 0 Å². The molecule has 3 heterocycles. The number of benzene rings is 2. The Morgan fingerprint density at radius 3 is 1.50 bits per heavy atom. The predicted octanol–water partition coefficient (Wildman–Crippen LogP) is 4.03. The molecule has 0 N–H and O–H groups in total.